The molecule has 1 aromatic rings. The van der Waals surface area contributed by atoms with E-state index in [-0.39, 0.29) is 0 Å². The zero-order chi connectivity index (χ0) is 10.6. The van der Waals surface area contributed by atoms with E-state index in [1.807, 2.05) is 6.20 Å². The number of aromatic nitrogens is 2. The van der Waals surface area contributed by atoms with Gasteiger partial charge in [0, 0.05) is 25.5 Å². The molecule has 0 aromatic carbocycles. The molecule has 0 unspecified atom stereocenters. The highest BCUT2D eigenvalue weighted by Gasteiger charge is 2.28. The van der Waals surface area contributed by atoms with E-state index in [1.165, 1.54) is 30.0 Å². The molecule has 0 amide bonds. The summed E-state index contributed by atoms with van der Waals surface area (Å²) in [5.41, 5.74) is 0. The van der Waals surface area contributed by atoms with Gasteiger partial charge in [0.25, 0.3) is 0 Å². The van der Waals surface area contributed by atoms with Crippen molar-refractivity contribution < 1.29 is 0 Å². The number of rotatable bonds is 5. The van der Waals surface area contributed by atoms with E-state index in [1.54, 1.807) is 0 Å². The minimum atomic E-state index is -1.04. The minimum absolute atomic E-state index is 1.04. The lowest BCUT2D eigenvalue weighted by atomic mass is 10.7. The second-order valence-electron chi connectivity index (χ2n) is 4.19. The number of hydrogen-bond acceptors (Lipinski definition) is 1. The van der Waals surface area contributed by atoms with Gasteiger partial charge in [-0.15, -0.1) is 0 Å². The van der Waals surface area contributed by atoms with Crippen molar-refractivity contribution in [1.82, 2.24) is 9.55 Å². The Morgan fingerprint density at radius 3 is 2.14 bits per heavy atom. The molecule has 0 aliphatic rings. The highest BCUT2D eigenvalue weighted by Crippen LogP contribution is 2.23. The van der Waals surface area contributed by atoms with Crippen molar-refractivity contribution in [3.05, 3.63) is 18.2 Å². The van der Waals surface area contributed by atoms with Crippen LogP contribution in [0.25, 0.3) is 0 Å². The van der Waals surface area contributed by atoms with Gasteiger partial charge in [0.15, 0.2) is 0 Å². The summed E-state index contributed by atoms with van der Waals surface area (Å²) in [6.07, 6.45) is 3.96. The first-order chi connectivity index (χ1) is 6.67. The average Bonchev–Trinajstić information content (AvgIpc) is 2.61. The quantitative estimate of drug-likeness (QED) is 0.683. The third-order valence-electron chi connectivity index (χ3n) is 3.70. The smallest absolute Gasteiger partial charge is 0.105 e. The molecule has 0 atom stereocenters. The van der Waals surface area contributed by atoms with Crippen molar-refractivity contribution in [2.75, 3.05) is 0 Å². The summed E-state index contributed by atoms with van der Waals surface area (Å²) in [6, 6.07) is 5.40. The lowest BCUT2D eigenvalue weighted by molar-refractivity contribution is 0.831. The van der Waals surface area contributed by atoms with Gasteiger partial charge in [0.05, 0.1) is 8.07 Å². The molecule has 0 saturated carbocycles. The van der Waals surface area contributed by atoms with Crippen LogP contribution in [0, 0.1) is 0 Å². The van der Waals surface area contributed by atoms with Crippen LogP contribution >= 0.6 is 0 Å². The molecule has 14 heavy (non-hydrogen) atoms. The van der Waals surface area contributed by atoms with Gasteiger partial charge in [-0.05, 0) is 0 Å². The Hall–Kier alpha value is -0.573. The second kappa shape index (κ2) is 4.78. The molecular weight excluding hydrogens is 188 g/mol. The van der Waals surface area contributed by atoms with Crippen molar-refractivity contribution in [1.29, 1.82) is 0 Å². The van der Waals surface area contributed by atoms with Crippen LogP contribution in [0.4, 0.5) is 0 Å². The molecule has 1 rings (SSSR count). The fourth-order valence-corrected chi connectivity index (χ4v) is 5.29. The first-order valence-electron chi connectivity index (χ1n) is 5.63. The summed E-state index contributed by atoms with van der Waals surface area (Å²) in [5.74, 6) is 1.28. The Morgan fingerprint density at radius 2 is 1.79 bits per heavy atom. The summed E-state index contributed by atoms with van der Waals surface area (Å²) >= 11 is 0. The largest absolute Gasteiger partial charge is 0.338 e. The van der Waals surface area contributed by atoms with Crippen molar-refractivity contribution in [3.63, 3.8) is 0 Å². The predicted octanol–water partition coefficient (Wildman–Crippen LogP) is 3.01. The maximum atomic E-state index is 4.44. The Bertz CT molecular complexity index is 268. The third kappa shape index (κ3) is 2.26. The van der Waals surface area contributed by atoms with Gasteiger partial charge in [0.1, 0.15) is 5.82 Å². The van der Waals surface area contributed by atoms with E-state index >= 15 is 0 Å². The molecular formula is C11H22N2Si. The van der Waals surface area contributed by atoms with Gasteiger partial charge in [0.2, 0.25) is 0 Å². The summed E-state index contributed by atoms with van der Waals surface area (Å²) in [4.78, 5) is 4.44. The lowest BCUT2D eigenvalue weighted by Gasteiger charge is -2.27. The van der Waals surface area contributed by atoms with E-state index in [2.05, 4.69) is 43.6 Å². The van der Waals surface area contributed by atoms with E-state index < -0.39 is 8.07 Å². The van der Waals surface area contributed by atoms with Crippen LogP contribution in [-0.2, 0) is 13.1 Å². The van der Waals surface area contributed by atoms with Gasteiger partial charge in [-0.25, -0.2) is 4.98 Å². The van der Waals surface area contributed by atoms with Gasteiger partial charge in [-0.1, -0.05) is 38.9 Å². The van der Waals surface area contributed by atoms with Gasteiger partial charge >= 0.3 is 0 Å². The molecule has 1 heterocycles. The molecule has 0 spiro atoms. The van der Waals surface area contributed by atoms with Crippen LogP contribution in [0.5, 0.6) is 0 Å². The summed E-state index contributed by atoms with van der Waals surface area (Å²) in [5, 5.41) is 0. The van der Waals surface area contributed by atoms with Gasteiger partial charge < -0.3 is 4.57 Å². The van der Waals surface area contributed by atoms with Crippen LogP contribution < -0.4 is 0 Å². The maximum Gasteiger partial charge on any atom is 0.105 e. The Labute approximate surface area is 88.4 Å². The molecule has 0 saturated heterocycles. The Balaban J connectivity index is 2.79. The fraction of sp³-hybridized carbons (Fsp3) is 0.727. The minimum Gasteiger partial charge on any atom is -0.338 e. The zero-order valence-electron chi connectivity index (χ0n) is 9.88. The van der Waals surface area contributed by atoms with E-state index in [9.17, 15) is 0 Å². The number of aryl methyl sites for hydroxylation is 1. The van der Waals surface area contributed by atoms with E-state index in [4.69, 9.17) is 0 Å². The highest BCUT2D eigenvalue weighted by molar-refractivity contribution is 6.79. The van der Waals surface area contributed by atoms with Crippen molar-refractivity contribution >= 4 is 8.07 Å². The standard InChI is InChI=1S/C11H22N2Si/c1-5-14(6-2,7-3)10-11-12-8-9-13(11)4/h8-9H,5-7,10H2,1-4H3. The number of hydrogen-bond donors (Lipinski definition) is 0. The third-order valence-corrected chi connectivity index (χ3v) is 9.27. The predicted molar refractivity (Wildman–Crippen MR) is 64.1 cm³/mol. The molecule has 2 nitrogen and oxygen atoms in total. The molecule has 1 aromatic heterocycles. The van der Waals surface area contributed by atoms with Crippen LogP contribution in [0.2, 0.25) is 18.1 Å². The summed E-state index contributed by atoms with van der Waals surface area (Å²) < 4.78 is 2.17. The first kappa shape index (κ1) is 11.5. The fourth-order valence-electron chi connectivity index (χ4n) is 2.03. The molecule has 0 fully saturated rings. The van der Waals surface area contributed by atoms with E-state index in [0.29, 0.717) is 0 Å². The Kier molecular flexibility index (Phi) is 3.93. The normalized spacial score (nSPS) is 12.0. The monoisotopic (exact) mass is 210 g/mol. The first-order valence-corrected chi connectivity index (χ1v) is 8.46. The Morgan fingerprint density at radius 1 is 1.21 bits per heavy atom. The summed E-state index contributed by atoms with van der Waals surface area (Å²) in [7, 11) is 1.06. The van der Waals surface area contributed by atoms with Crippen molar-refractivity contribution in [3.8, 4) is 0 Å². The van der Waals surface area contributed by atoms with Crippen molar-refractivity contribution in [2.45, 2.75) is 44.9 Å². The topological polar surface area (TPSA) is 17.8 Å². The molecule has 0 aliphatic heterocycles. The van der Waals surface area contributed by atoms with Crippen LogP contribution in [0.1, 0.15) is 26.6 Å². The van der Waals surface area contributed by atoms with Crippen molar-refractivity contribution in [2.24, 2.45) is 7.05 Å². The molecule has 0 bridgehead atoms. The molecule has 3 heteroatoms. The van der Waals surface area contributed by atoms with Gasteiger partial charge in [-0.3, -0.25) is 0 Å². The van der Waals surface area contributed by atoms with E-state index in [0.717, 1.165) is 0 Å². The van der Waals surface area contributed by atoms with Crippen LogP contribution in [0.15, 0.2) is 12.4 Å². The molecule has 0 N–H and O–H groups in total. The molecule has 0 radical (unpaired) electrons. The maximum absolute atomic E-state index is 4.44. The second-order valence-corrected chi connectivity index (χ2v) is 9.67. The van der Waals surface area contributed by atoms with Crippen LogP contribution in [-0.4, -0.2) is 17.6 Å². The lowest BCUT2D eigenvalue weighted by Crippen LogP contribution is -2.35. The summed E-state index contributed by atoms with van der Waals surface area (Å²) in [6.45, 7) is 7.05. The van der Waals surface area contributed by atoms with Gasteiger partial charge in [-0.2, -0.15) is 0 Å². The molecule has 80 valence electrons. The molecule has 0 aliphatic carbocycles. The van der Waals surface area contributed by atoms with Crippen LogP contribution in [0.3, 0.4) is 0 Å². The SMILES string of the molecule is CC[Si](CC)(CC)Cc1nccn1C. The average molecular weight is 210 g/mol. The zero-order valence-corrected chi connectivity index (χ0v) is 10.9. The number of nitrogens with zero attached hydrogens (tertiary/aromatic N) is 2. The number of imidazole rings is 1. The highest BCUT2D eigenvalue weighted by atomic mass is 28.3.